The number of pyridine rings is 1. The summed E-state index contributed by atoms with van der Waals surface area (Å²) in [4.78, 5) is 82.0. The van der Waals surface area contributed by atoms with Crippen molar-refractivity contribution in [1.82, 2.24) is 31.6 Å². The summed E-state index contributed by atoms with van der Waals surface area (Å²) in [6.07, 6.45) is -3.88. The molecule has 0 spiro atoms. The van der Waals surface area contributed by atoms with Crippen molar-refractivity contribution < 1.29 is 55.5 Å². The van der Waals surface area contributed by atoms with Crippen molar-refractivity contribution in [2.24, 2.45) is 5.92 Å². The molecule has 0 fully saturated rings. The van der Waals surface area contributed by atoms with Gasteiger partial charge in [-0.2, -0.15) is 22.0 Å². The number of hydrogen-bond acceptors (Lipinski definition) is 8. The van der Waals surface area contributed by atoms with Gasteiger partial charge in [0.05, 0.1) is 19.7 Å². The standard InChI is InChI=1S/C35H36ClF5N6O7/c1-19(2)27(29(49)35(40,41)33(53)44-18-34(37,38)39)46-32(52)28(21-10-12-23(54-3)13-11-21)47-31(51)25(16-20-7-6-8-22(36)15-20)45-26(48)17-43-30(50)24-9-4-5-14-42-24/h4-15,19,25,27-28H,16-18H2,1-3H3,(H,43,50)(H,44,53)(H,45,48)(H,46,52)(H,47,51)/t25?,27-,28?/m0/s1. The van der Waals surface area contributed by atoms with Crippen LogP contribution in [0.3, 0.4) is 0 Å². The fraction of sp³-hybridized carbons (Fsp3) is 0.343. The number of Topliss-reactive ketones (excluding diaryl/α,β-unsaturated/α-hetero) is 1. The van der Waals surface area contributed by atoms with Crippen molar-refractivity contribution >= 4 is 46.9 Å². The van der Waals surface area contributed by atoms with E-state index in [1.165, 1.54) is 63.6 Å². The van der Waals surface area contributed by atoms with Crippen molar-refractivity contribution in [2.75, 3.05) is 20.2 Å². The molecule has 0 saturated heterocycles. The number of methoxy groups -OCH3 is 1. The molecule has 3 rings (SSSR count). The number of alkyl halides is 5. The highest BCUT2D eigenvalue weighted by Gasteiger charge is 2.52. The Labute approximate surface area is 310 Å². The van der Waals surface area contributed by atoms with Crippen molar-refractivity contribution in [2.45, 2.75) is 50.5 Å². The Balaban J connectivity index is 1.91. The van der Waals surface area contributed by atoms with Crippen LogP contribution in [-0.2, 0) is 30.4 Å². The van der Waals surface area contributed by atoms with Crippen LogP contribution in [0.1, 0.15) is 41.5 Å². The number of hydrogen-bond donors (Lipinski definition) is 5. The van der Waals surface area contributed by atoms with Crippen molar-refractivity contribution in [3.05, 3.63) is 94.8 Å². The van der Waals surface area contributed by atoms with E-state index in [-0.39, 0.29) is 17.7 Å². The zero-order valence-electron chi connectivity index (χ0n) is 28.9. The van der Waals surface area contributed by atoms with Crippen LogP contribution in [0.5, 0.6) is 5.75 Å². The summed E-state index contributed by atoms with van der Waals surface area (Å²) < 4.78 is 72.6. The normalized spacial score (nSPS) is 13.1. The number of carbonyl (C=O) groups excluding carboxylic acids is 6. The second-order valence-corrected chi connectivity index (χ2v) is 12.5. The Morgan fingerprint density at radius 1 is 0.833 bits per heavy atom. The second-order valence-electron chi connectivity index (χ2n) is 12.0. The molecule has 3 aromatic rings. The topological polar surface area (TPSA) is 185 Å². The molecule has 0 radical (unpaired) electrons. The van der Waals surface area contributed by atoms with Gasteiger partial charge in [0.1, 0.15) is 30.1 Å². The van der Waals surface area contributed by atoms with Gasteiger partial charge in [-0.25, -0.2) is 0 Å². The largest absolute Gasteiger partial charge is 0.497 e. The molecule has 2 aromatic carbocycles. The van der Waals surface area contributed by atoms with Gasteiger partial charge in [0.2, 0.25) is 23.5 Å². The second kappa shape index (κ2) is 18.9. The van der Waals surface area contributed by atoms with E-state index in [1.54, 1.807) is 30.3 Å². The average Bonchev–Trinajstić information content (AvgIpc) is 3.13. The van der Waals surface area contributed by atoms with Gasteiger partial charge >= 0.3 is 12.1 Å². The summed E-state index contributed by atoms with van der Waals surface area (Å²) in [5.41, 5.74) is 0.522. The van der Waals surface area contributed by atoms with Gasteiger partial charge < -0.3 is 31.3 Å². The highest BCUT2D eigenvalue weighted by atomic mass is 35.5. The van der Waals surface area contributed by atoms with Gasteiger partial charge in [0.15, 0.2) is 0 Å². The third kappa shape index (κ3) is 12.5. The summed E-state index contributed by atoms with van der Waals surface area (Å²) in [6.45, 7) is -0.268. The summed E-state index contributed by atoms with van der Waals surface area (Å²) in [6, 6.07) is 11.0. The molecular formula is C35H36ClF5N6O7. The lowest BCUT2D eigenvalue weighted by atomic mass is 9.94. The first-order chi connectivity index (χ1) is 25.3. The number of nitrogens with zero attached hydrogens (tertiary/aromatic N) is 1. The van der Waals surface area contributed by atoms with E-state index >= 15 is 0 Å². The van der Waals surface area contributed by atoms with Crippen molar-refractivity contribution in [3.8, 4) is 5.75 Å². The van der Waals surface area contributed by atoms with E-state index in [2.05, 4.69) is 26.3 Å². The van der Waals surface area contributed by atoms with Crippen molar-refractivity contribution in [1.29, 1.82) is 0 Å². The molecule has 5 amide bonds. The lowest BCUT2D eigenvalue weighted by Crippen LogP contribution is -2.59. The van der Waals surface area contributed by atoms with Crippen LogP contribution in [0.25, 0.3) is 0 Å². The van der Waals surface area contributed by atoms with E-state index in [1.807, 2.05) is 0 Å². The molecular weight excluding hydrogens is 747 g/mol. The van der Waals surface area contributed by atoms with E-state index in [9.17, 15) is 50.7 Å². The smallest absolute Gasteiger partial charge is 0.405 e. The van der Waals surface area contributed by atoms with Gasteiger partial charge in [-0.05, 0) is 53.4 Å². The Hall–Kier alpha value is -5.65. The number of rotatable bonds is 17. The molecule has 0 aliphatic rings. The summed E-state index contributed by atoms with van der Waals surface area (Å²) in [7, 11) is 1.35. The van der Waals surface area contributed by atoms with Crippen LogP contribution >= 0.6 is 11.6 Å². The number of nitrogens with one attached hydrogen (secondary N) is 5. The third-order valence-electron chi connectivity index (χ3n) is 7.58. The Morgan fingerprint density at radius 2 is 1.52 bits per heavy atom. The third-order valence-corrected chi connectivity index (χ3v) is 7.81. The first-order valence-corrected chi connectivity index (χ1v) is 16.4. The fourth-order valence-corrected chi connectivity index (χ4v) is 5.03. The summed E-state index contributed by atoms with van der Waals surface area (Å²) in [5, 5.41) is 10.6. The predicted molar refractivity (Wildman–Crippen MR) is 183 cm³/mol. The van der Waals surface area contributed by atoms with Gasteiger partial charge in [0, 0.05) is 17.6 Å². The van der Waals surface area contributed by atoms with E-state index < -0.39 is 84.6 Å². The molecule has 0 saturated carbocycles. The first-order valence-electron chi connectivity index (χ1n) is 16.1. The van der Waals surface area contributed by atoms with Crippen LogP contribution < -0.4 is 31.3 Å². The van der Waals surface area contributed by atoms with Crippen LogP contribution in [0.2, 0.25) is 5.02 Å². The molecule has 0 bridgehead atoms. The van der Waals surface area contributed by atoms with Gasteiger partial charge in [-0.15, -0.1) is 0 Å². The highest BCUT2D eigenvalue weighted by Crippen LogP contribution is 2.24. The Kier molecular flexibility index (Phi) is 15.0. The van der Waals surface area contributed by atoms with Crippen LogP contribution in [-0.4, -0.2) is 84.7 Å². The first kappa shape index (κ1) is 42.8. The maximum atomic E-state index is 14.9. The quantitative estimate of drug-likeness (QED) is 0.102. The number of benzene rings is 2. The lowest BCUT2D eigenvalue weighted by molar-refractivity contribution is -0.165. The molecule has 1 aromatic heterocycles. The molecule has 290 valence electrons. The number of amides is 5. The minimum Gasteiger partial charge on any atom is -0.497 e. The zero-order valence-corrected chi connectivity index (χ0v) is 29.7. The number of carbonyl (C=O) groups is 6. The molecule has 0 aliphatic heterocycles. The highest BCUT2D eigenvalue weighted by molar-refractivity contribution is 6.30. The number of aromatic nitrogens is 1. The zero-order chi connectivity index (χ0) is 40.2. The average molecular weight is 783 g/mol. The number of ketones is 1. The SMILES string of the molecule is COc1ccc(C(NC(=O)C(Cc2cccc(Cl)c2)NC(=O)CNC(=O)c2ccccn2)C(=O)N[C@H](C(=O)C(F)(F)C(=O)NCC(F)(F)F)C(C)C)cc1. The molecule has 1 heterocycles. The maximum Gasteiger partial charge on any atom is 0.405 e. The molecule has 2 unspecified atom stereocenters. The van der Waals surface area contributed by atoms with Crippen LogP contribution in [0.15, 0.2) is 72.9 Å². The van der Waals surface area contributed by atoms with Gasteiger partial charge in [-0.1, -0.05) is 55.8 Å². The number of ether oxygens (including phenoxy) is 1. The Bertz CT molecular complexity index is 1810. The van der Waals surface area contributed by atoms with Crippen LogP contribution in [0.4, 0.5) is 22.0 Å². The van der Waals surface area contributed by atoms with Crippen molar-refractivity contribution in [3.63, 3.8) is 0 Å². The minimum absolute atomic E-state index is 0.0183. The van der Waals surface area contributed by atoms with Crippen LogP contribution in [0, 0.1) is 5.92 Å². The predicted octanol–water partition coefficient (Wildman–Crippen LogP) is 3.08. The molecule has 5 N–H and O–H groups in total. The monoisotopic (exact) mass is 782 g/mol. The Morgan fingerprint density at radius 3 is 2.09 bits per heavy atom. The maximum absolute atomic E-state index is 14.9. The minimum atomic E-state index is -5.05. The fourth-order valence-electron chi connectivity index (χ4n) is 4.81. The van der Waals surface area contributed by atoms with E-state index in [4.69, 9.17) is 16.3 Å². The lowest BCUT2D eigenvalue weighted by Gasteiger charge is -2.28. The molecule has 3 atom stereocenters. The molecule has 54 heavy (non-hydrogen) atoms. The van der Waals surface area contributed by atoms with Gasteiger partial charge in [-0.3, -0.25) is 33.8 Å². The summed E-state index contributed by atoms with van der Waals surface area (Å²) in [5.74, 6) is -14.3. The molecule has 19 heteroatoms. The molecule has 13 nitrogen and oxygen atoms in total. The molecule has 0 aliphatic carbocycles. The summed E-state index contributed by atoms with van der Waals surface area (Å²) >= 11 is 6.12. The van der Waals surface area contributed by atoms with E-state index in [0.29, 0.717) is 16.3 Å². The van der Waals surface area contributed by atoms with E-state index in [0.717, 1.165) is 5.32 Å². The number of halogens is 6. The van der Waals surface area contributed by atoms with Gasteiger partial charge in [0.25, 0.3) is 11.8 Å².